The number of hydrogen-bond donors (Lipinski definition) is 0. The van der Waals surface area contributed by atoms with Crippen molar-refractivity contribution in [3.8, 4) is 22.6 Å². The zero-order valence-electron chi connectivity index (χ0n) is 17.5. The molecule has 0 aromatic heterocycles. The molecule has 0 unspecified atom stereocenters. The first-order chi connectivity index (χ1) is 14.4. The molecule has 3 aromatic carbocycles. The maximum absolute atomic E-state index is 12.1. The predicted octanol–water partition coefficient (Wildman–Crippen LogP) is 5.74. The van der Waals surface area contributed by atoms with Gasteiger partial charge in [0.15, 0.2) is 0 Å². The van der Waals surface area contributed by atoms with Gasteiger partial charge < -0.3 is 13.9 Å². The van der Waals surface area contributed by atoms with E-state index in [9.17, 15) is 4.79 Å². The van der Waals surface area contributed by atoms with Crippen molar-refractivity contribution >= 4 is 20.4 Å². The minimum Gasteiger partial charge on any atom is -0.494 e. The van der Waals surface area contributed by atoms with Gasteiger partial charge in [-0.1, -0.05) is 54.6 Å². The second-order valence-electron chi connectivity index (χ2n) is 7.47. The van der Waals surface area contributed by atoms with Gasteiger partial charge in [0, 0.05) is 13.2 Å². The van der Waals surface area contributed by atoms with Gasteiger partial charge in [-0.25, -0.2) is 4.79 Å². The van der Waals surface area contributed by atoms with Gasteiger partial charge in [-0.15, -0.1) is 0 Å². The fourth-order valence-electron chi connectivity index (χ4n) is 2.65. The van der Waals surface area contributed by atoms with Crippen LogP contribution in [0.15, 0.2) is 84.9 Å². The van der Waals surface area contributed by atoms with Crippen molar-refractivity contribution in [2.75, 3.05) is 13.3 Å². The van der Waals surface area contributed by atoms with Gasteiger partial charge >= 0.3 is 5.97 Å². The summed E-state index contributed by atoms with van der Waals surface area (Å²) in [5.74, 6) is 0.875. The van der Waals surface area contributed by atoms with Crippen molar-refractivity contribution in [3.05, 3.63) is 90.5 Å². The standard InChI is InChI=1S/C25H26O4Si/c1-27-30(2,3)19-28-23-14-9-20(10-15-23)11-18-25(26)29-24-16-12-22(13-17-24)21-7-5-4-6-8-21/h4-18H,19H2,1-3H3. The van der Waals surface area contributed by atoms with Crippen LogP contribution in [0.25, 0.3) is 17.2 Å². The molecule has 154 valence electrons. The van der Waals surface area contributed by atoms with Gasteiger partial charge in [-0.3, -0.25) is 0 Å². The number of ether oxygens (including phenoxy) is 2. The Kier molecular flexibility index (Phi) is 7.22. The van der Waals surface area contributed by atoms with Crippen LogP contribution in [0.1, 0.15) is 5.56 Å². The lowest BCUT2D eigenvalue weighted by Gasteiger charge is -2.20. The highest BCUT2D eigenvalue weighted by Crippen LogP contribution is 2.22. The minimum absolute atomic E-state index is 0.421. The largest absolute Gasteiger partial charge is 0.494 e. The summed E-state index contributed by atoms with van der Waals surface area (Å²) >= 11 is 0. The van der Waals surface area contributed by atoms with E-state index in [1.165, 1.54) is 6.08 Å². The fraction of sp³-hybridized carbons (Fsp3) is 0.160. The fourth-order valence-corrected chi connectivity index (χ4v) is 3.28. The van der Waals surface area contributed by atoms with Crippen LogP contribution in [0.3, 0.4) is 0 Å². The lowest BCUT2D eigenvalue weighted by atomic mass is 10.1. The zero-order chi connectivity index (χ0) is 21.4. The maximum atomic E-state index is 12.1. The average Bonchev–Trinajstić information content (AvgIpc) is 2.78. The third-order valence-electron chi connectivity index (χ3n) is 4.61. The summed E-state index contributed by atoms with van der Waals surface area (Å²) in [5.41, 5.74) is 3.09. The van der Waals surface area contributed by atoms with E-state index in [2.05, 4.69) is 13.1 Å². The summed E-state index contributed by atoms with van der Waals surface area (Å²) < 4.78 is 16.6. The van der Waals surface area contributed by atoms with Gasteiger partial charge in [-0.05, 0) is 60.1 Å². The van der Waals surface area contributed by atoms with E-state index in [-0.39, 0.29) is 0 Å². The van der Waals surface area contributed by atoms with E-state index in [0.29, 0.717) is 12.0 Å². The molecule has 0 aliphatic carbocycles. The molecule has 5 heteroatoms. The van der Waals surface area contributed by atoms with Crippen molar-refractivity contribution in [2.45, 2.75) is 13.1 Å². The van der Waals surface area contributed by atoms with Crippen LogP contribution in [-0.2, 0) is 9.22 Å². The molecule has 4 nitrogen and oxygen atoms in total. The van der Waals surface area contributed by atoms with Crippen LogP contribution < -0.4 is 9.47 Å². The van der Waals surface area contributed by atoms with Crippen molar-refractivity contribution in [1.29, 1.82) is 0 Å². The summed E-state index contributed by atoms with van der Waals surface area (Å²) in [5, 5.41) is 0. The minimum atomic E-state index is -1.76. The van der Waals surface area contributed by atoms with Crippen molar-refractivity contribution in [1.82, 2.24) is 0 Å². The molecule has 0 saturated heterocycles. The average molecular weight is 419 g/mol. The van der Waals surface area contributed by atoms with Crippen LogP contribution in [-0.4, -0.2) is 27.6 Å². The number of rotatable bonds is 8. The molecule has 0 spiro atoms. The maximum Gasteiger partial charge on any atom is 0.336 e. The van der Waals surface area contributed by atoms with Crippen LogP contribution in [0.2, 0.25) is 13.1 Å². The van der Waals surface area contributed by atoms with E-state index in [1.54, 1.807) is 25.3 Å². The van der Waals surface area contributed by atoms with Crippen LogP contribution in [0, 0.1) is 0 Å². The second kappa shape index (κ2) is 10.0. The highest BCUT2D eigenvalue weighted by molar-refractivity contribution is 6.71. The quantitative estimate of drug-likeness (QED) is 0.202. The molecule has 0 fully saturated rings. The van der Waals surface area contributed by atoms with E-state index in [1.807, 2.05) is 66.7 Å². The molecule has 0 amide bonds. The third-order valence-corrected chi connectivity index (χ3v) is 6.56. The summed E-state index contributed by atoms with van der Waals surface area (Å²) in [6, 6.07) is 25.1. The highest BCUT2D eigenvalue weighted by Gasteiger charge is 2.21. The van der Waals surface area contributed by atoms with Crippen LogP contribution in [0.4, 0.5) is 0 Å². The molecule has 0 bridgehead atoms. The zero-order valence-corrected chi connectivity index (χ0v) is 18.5. The molecule has 0 heterocycles. The predicted molar refractivity (Wildman–Crippen MR) is 123 cm³/mol. The first-order valence-electron chi connectivity index (χ1n) is 9.79. The second-order valence-corrected chi connectivity index (χ2v) is 11.7. The Bertz CT molecular complexity index is 978. The molecule has 0 atom stereocenters. The van der Waals surface area contributed by atoms with Crippen LogP contribution >= 0.6 is 0 Å². The summed E-state index contributed by atoms with van der Waals surface area (Å²) in [6.07, 6.45) is 3.73. The normalized spacial score (nSPS) is 11.4. The molecule has 0 aliphatic rings. The molecule has 0 N–H and O–H groups in total. The van der Waals surface area contributed by atoms with Gasteiger partial charge in [0.05, 0.1) is 0 Å². The number of benzene rings is 3. The molecular formula is C25H26O4Si. The van der Waals surface area contributed by atoms with Gasteiger partial charge in [-0.2, -0.15) is 0 Å². The Morgan fingerprint density at radius 3 is 2.07 bits per heavy atom. The summed E-state index contributed by atoms with van der Waals surface area (Å²) in [4.78, 5) is 12.1. The van der Waals surface area contributed by atoms with E-state index >= 15 is 0 Å². The number of carbonyl (C=O) groups is 1. The van der Waals surface area contributed by atoms with Crippen molar-refractivity contribution in [3.63, 3.8) is 0 Å². The number of esters is 1. The molecule has 3 aromatic rings. The Morgan fingerprint density at radius 2 is 1.43 bits per heavy atom. The Morgan fingerprint density at radius 1 is 0.833 bits per heavy atom. The Labute approximate surface area is 178 Å². The smallest absolute Gasteiger partial charge is 0.336 e. The lowest BCUT2D eigenvalue weighted by molar-refractivity contribution is -0.128. The van der Waals surface area contributed by atoms with E-state index < -0.39 is 14.3 Å². The third kappa shape index (κ3) is 6.44. The van der Waals surface area contributed by atoms with Crippen molar-refractivity contribution in [2.24, 2.45) is 0 Å². The number of carbonyl (C=O) groups excluding carboxylic acids is 1. The van der Waals surface area contributed by atoms with Gasteiger partial charge in [0.25, 0.3) is 0 Å². The Hall–Kier alpha value is -3.15. The van der Waals surface area contributed by atoms with Crippen LogP contribution in [0.5, 0.6) is 11.5 Å². The molecule has 0 aliphatic heterocycles. The SMILES string of the molecule is CO[Si](C)(C)COc1ccc(C=CC(=O)Oc2ccc(-c3ccccc3)cc2)cc1. The number of hydrogen-bond acceptors (Lipinski definition) is 4. The highest BCUT2D eigenvalue weighted by atomic mass is 28.4. The van der Waals surface area contributed by atoms with E-state index in [4.69, 9.17) is 13.9 Å². The molecule has 0 radical (unpaired) electrons. The molecule has 0 saturated carbocycles. The lowest BCUT2D eigenvalue weighted by Crippen LogP contribution is -2.37. The molecule has 30 heavy (non-hydrogen) atoms. The first-order valence-corrected chi connectivity index (χ1v) is 12.9. The topological polar surface area (TPSA) is 44.8 Å². The van der Waals surface area contributed by atoms with E-state index in [0.717, 1.165) is 22.4 Å². The Balaban J connectivity index is 1.53. The molecule has 3 rings (SSSR count). The van der Waals surface area contributed by atoms with Crippen molar-refractivity contribution < 1.29 is 18.7 Å². The summed E-state index contributed by atoms with van der Waals surface area (Å²) in [7, 11) is -0.0390. The first kappa shape index (κ1) is 21.6. The van der Waals surface area contributed by atoms with Gasteiger partial charge in [0.2, 0.25) is 8.32 Å². The summed E-state index contributed by atoms with van der Waals surface area (Å²) in [6.45, 7) is 4.20. The molecular weight excluding hydrogens is 392 g/mol. The van der Waals surface area contributed by atoms with Gasteiger partial charge in [0.1, 0.15) is 17.7 Å². The monoisotopic (exact) mass is 418 g/mol.